The molecular weight excluding hydrogens is 276 g/mol. The fourth-order valence-electron chi connectivity index (χ4n) is 6.01. The van der Waals surface area contributed by atoms with Crippen LogP contribution in [0.5, 0.6) is 5.75 Å². The number of aliphatic hydroxyl groups is 2. The van der Waals surface area contributed by atoms with Crippen molar-refractivity contribution in [2.45, 2.75) is 63.6 Å². The van der Waals surface area contributed by atoms with E-state index in [1.165, 1.54) is 11.1 Å². The minimum atomic E-state index is -0.551. The fourth-order valence-corrected chi connectivity index (χ4v) is 6.01. The number of rotatable bonds is 1. The molecule has 5 unspecified atom stereocenters. The van der Waals surface area contributed by atoms with E-state index in [0.29, 0.717) is 23.5 Å². The van der Waals surface area contributed by atoms with Crippen molar-refractivity contribution >= 4 is 0 Å². The van der Waals surface area contributed by atoms with Crippen LogP contribution >= 0.6 is 0 Å². The zero-order chi connectivity index (χ0) is 15.5. The molecule has 120 valence electrons. The number of hydrogen-bond donors (Lipinski definition) is 3. The molecule has 0 bridgehead atoms. The third-order valence-electron chi connectivity index (χ3n) is 7.07. The van der Waals surface area contributed by atoms with E-state index in [1.54, 1.807) is 6.07 Å². The Morgan fingerprint density at radius 2 is 2.05 bits per heavy atom. The molecule has 6 atom stereocenters. The highest BCUT2D eigenvalue weighted by Crippen LogP contribution is 2.62. The predicted octanol–water partition coefficient (Wildman–Crippen LogP) is 2.97. The second-order valence-electron chi connectivity index (χ2n) is 7.67. The number of fused-ring (bicyclic) bond motifs is 5. The molecule has 22 heavy (non-hydrogen) atoms. The van der Waals surface area contributed by atoms with E-state index in [0.717, 1.165) is 38.5 Å². The summed E-state index contributed by atoms with van der Waals surface area (Å²) in [4.78, 5) is 0. The molecule has 0 aromatic heterocycles. The van der Waals surface area contributed by atoms with Crippen molar-refractivity contribution < 1.29 is 15.3 Å². The van der Waals surface area contributed by atoms with Crippen molar-refractivity contribution in [2.75, 3.05) is 0 Å². The highest BCUT2D eigenvalue weighted by molar-refractivity contribution is 5.40. The van der Waals surface area contributed by atoms with E-state index in [-0.39, 0.29) is 5.41 Å². The van der Waals surface area contributed by atoms with Gasteiger partial charge in [-0.05, 0) is 79.5 Å². The summed E-state index contributed by atoms with van der Waals surface area (Å²) in [6.07, 6.45) is 4.84. The Hall–Kier alpha value is -1.06. The molecule has 3 heteroatoms. The van der Waals surface area contributed by atoms with Gasteiger partial charge in [-0.25, -0.2) is 0 Å². The standard InChI is InChI=1S/C19H26O3/c1-2-19-8-7-14-13-6-4-12(20)9-11(13)3-5-15(14)16(19)10-17(21)18(19)22/h4,6,9,14-18,20-22H,2-3,5,7-8,10H2,1H3/t14?,15?,16?,17-,18?,19?/m1/s1. The molecule has 3 aliphatic carbocycles. The minimum absolute atomic E-state index is 0.0744. The Balaban J connectivity index is 1.72. The Kier molecular flexibility index (Phi) is 3.28. The van der Waals surface area contributed by atoms with Gasteiger partial charge in [0.1, 0.15) is 5.75 Å². The highest BCUT2D eigenvalue weighted by atomic mass is 16.3. The molecule has 0 radical (unpaired) electrons. The van der Waals surface area contributed by atoms with Gasteiger partial charge in [0.05, 0.1) is 12.2 Å². The Bertz CT molecular complexity index is 584. The lowest BCUT2D eigenvalue weighted by atomic mass is 9.54. The summed E-state index contributed by atoms with van der Waals surface area (Å²) in [5.41, 5.74) is 2.62. The van der Waals surface area contributed by atoms with Crippen LogP contribution in [0.15, 0.2) is 18.2 Å². The maximum Gasteiger partial charge on any atom is 0.115 e. The first-order valence-corrected chi connectivity index (χ1v) is 8.74. The van der Waals surface area contributed by atoms with Crippen molar-refractivity contribution in [1.29, 1.82) is 0 Å². The Morgan fingerprint density at radius 1 is 1.23 bits per heavy atom. The summed E-state index contributed by atoms with van der Waals surface area (Å²) in [5, 5.41) is 30.6. The molecule has 0 amide bonds. The molecule has 3 N–H and O–H groups in total. The summed E-state index contributed by atoms with van der Waals surface area (Å²) in [5.74, 6) is 1.90. The third kappa shape index (κ3) is 1.82. The Morgan fingerprint density at radius 3 is 2.82 bits per heavy atom. The molecular formula is C19H26O3. The van der Waals surface area contributed by atoms with Gasteiger partial charge < -0.3 is 15.3 Å². The highest BCUT2D eigenvalue weighted by Gasteiger charge is 2.59. The maximum absolute atomic E-state index is 10.6. The van der Waals surface area contributed by atoms with Gasteiger partial charge in [0.25, 0.3) is 0 Å². The molecule has 2 fully saturated rings. The van der Waals surface area contributed by atoms with Gasteiger partial charge in [-0.1, -0.05) is 13.0 Å². The second-order valence-corrected chi connectivity index (χ2v) is 7.67. The zero-order valence-corrected chi connectivity index (χ0v) is 13.2. The van der Waals surface area contributed by atoms with Crippen LogP contribution in [-0.4, -0.2) is 27.5 Å². The van der Waals surface area contributed by atoms with Gasteiger partial charge in [-0.2, -0.15) is 0 Å². The third-order valence-corrected chi connectivity index (χ3v) is 7.07. The summed E-state index contributed by atoms with van der Waals surface area (Å²) in [6.45, 7) is 2.17. The normalized spacial score (nSPS) is 43.3. The van der Waals surface area contributed by atoms with Crippen LogP contribution in [0.2, 0.25) is 0 Å². The van der Waals surface area contributed by atoms with Gasteiger partial charge in [0.2, 0.25) is 0 Å². The number of aryl methyl sites for hydroxylation is 1. The fraction of sp³-hybridized carbons (Fsp3) is 0.684. The molecule has 0 saturated heterocycles. The molecule has 0 heterocycles. The van der Waals surface area contributed by atoms with E-state index in [1.807, 2.05) is 6.07 Å². The Labute approximate surface area is 132 Å². The minimum Gasteiger partial charge on any atom is -0.508 e. The average molecular weight is 302 g/mol. The summed E-state index contributed by atoms with van der Waals surface area (Å²) in [6, 6.07) is 5.83. The van der Waals surface area contributed by atoms with E-state index in [2.05, 4.69) is 13.0 Å². The van der Waals surface area contributed by atoms with Gasteiger partial charge in [-0.3, -0.25) is 0 Å². The van der Waals surface area contributed by atoms with Crippen molar-refractivity contribution in [1.82, 2.24) is 0 Å². The maximum atomic E-state index is 10.6. The van der Waals surface area contributed by atoms with Gasteiger partial charge in [-0.15, -0.1) is 0 Å². The quantitative estimate of drug-likeness (QED) is 0.747. The molecule has 3 nitrogen and oxygen atoms in total. The first kappa shape index (κ1) is 14.5. The first-order chi connectivity index (χ1) is 10.6. The largest absolute Gasteiger partial charge is 0.508 e. The summed E-state index contributed by atoms with van der Waals surface area (Å²) >= 11 is 0. The van der Waals surface area contributed by atoms with Crippen LogP contribution in [0, 0.1) is 17.3 Å². The van der Waals surface area contributed by atoms with Crippen molar-refractivity contribution in [3.63, 3.8) is 0 Å². The van der Waals surface area contributed by atoms with Crippen LogP contribution in [0.25, 0.3) is 0 Å². The van der Waals surface area contributed by atoms with Crippen LogP contribution in [0.1, 0.15) is 56.1 Å². The molecule has 2 saturated carbocycles. The number of aromatic hydroxyl groups is 1. The second kappa shape index (κ2) is 4.97. The van der Waals surface area contributed by atoms with E-state index < -0.39 is 12.2 Å². The number of phenolic OH excluding ortho intramolecular Hbond substituents is 1. The lowest BCUT2D eigenvalue weighted by molar-refractivity contribution is -0.0641. The SMILES string of the molecule is CCC12CCC3c4ccc(O)cc4CCC3C1C[C@@H](O)C2O. The smallest absolute Gasteiger partial charge is 0.115 e. The molecule has 4 rings (SSSR count). The van der Waals surface area contributed by atoms with Gasteiger partial charge in [0.15, 0.2) is 0 Å². The first-order valence-electron chi connectivity index (χ1n) is 8.74. The van der Waals surface area contributed by atoms with E-state index in [4.69, 9.17) is 0 Å². The van der Waals surface area contributed by atoms with Crippen LogP contribution in [0.3, 0.4) is 0 Å². The topological polar surface area (TPSA) is 60.7 Å². The summed E-state index contributed by atoms with van der Waals surface area (Å²) < 4.78 is 0. The van der Waals surface area contributed by atoms with E-state index in [9.17, 15) is 15.3 Å². The number of hydrogen-bond acceptors (Lipinski definition) is 3. The number of benzene rings is 1. The molecule has 1 aromatic carbocycles. The molecule has 0 spiro atoms. The van der Waals surface area contributed by atoms with Gasteiger partial charge in [0, 0.05) is 5.41 Å². The van der Waals surface area contributed by atoms with Crippen molar-refractivity contribution in [3.05, 3.63) is 29.3 Å². The average Bonchev–Trinajstić information content (AvgIpc) is 2.79. The van der Waals surface area contributed by atoms with Crippen molar-refractivity contribution in [3.8, 4) is 5.75 Å². The van der Waals surface area contributed by atoms with Crippen LogP contribution < -0.4 is 0 Å². The molecule has 1 aromatic rings. The van der Waals surface area contributed by atoms with E-state index >= 15 is 0 Å². The van der Waals surface area contributed by atoms with Crippen molar-refractivity contribution in [2.24, 2.45) is 17.3 Å². The molecule has 3 aliphatic rings. The predicted molar refractivity (Wildman–Crippen MR) is 84.7 cm³/mol. The molecule has 0 aliphatic heterocycles. The summed E-state index contributed by atoms with van der Waals surface area (Å²) in [7, 11) is 0. The van der Waals surface area contributed by atoms with Gasteiger partial charge >= 0.3 is 0 Å². The van der Waals surface area contributed by atoms with Crippen LogP contribution in [0.4, 0.5) is 0 Å². The lowest BCUT2D eigenvalue weighted by Crippen LogP contribution is -2.46. The van der Waals surface area contributed by atoms with Crippen LogP contribution in [-0.2, 0) is 6.42 Å². The zero-order valence-electron chi connectivity index (χ0n) is 13.2. The number of phenols is 1. The number of aliphatic hydroxyl groups excluding tert-OH is 2. The monoisotopic (exact) mass is 302 g/mol. The lowest BCUT2D eigenvalue weighted by Gasteiger charge is -2.51.